The molecule has 16 heavy (non-hydrogen) atoms. The Bertz CT molecular complexity index is 178. The van der Waals surface area contributed by atoms with Crippen LogP contribution < -0.4 is 5.32 Å². The Morgan fingerprint density at radius 3 is 3.00 bits per heavy atom. The molecule has 1 aliphatic heterocycles. The van der Waals surface area contributed by atoms with E-state index < -0.39 is 0 Å². The van der Waals surface area contributed by atoms with E-state index in [1.807, 2.05) is 14.0 Å². The first-order valence-corrected chi connectivity index (χ1v) is 6.29. The Morgan fingerprint density at radius 1 is 1.50 bits per heavy atom. The SMILES string of the molecule is CCOCCN(C)CC1COCCC1NC. The largest absolute Gasteiger partial charge is 0.381 e. The van der Waals surface area contributed by atoms with E-state index >= 15 is 0 Å². The molecule has 0 bridgehead atoms. The minimum absolute atomic E-state index is 0.600. The van der Waals surface area contributed by atoms with Crippen LogP contribution in [0, 0.1) is 5.92 Å². The molecule has 2 atom stereocenters. The predicted octanol–water partition coefficient (Wildman–Crippen LogP) is 0.579. The molecule has 0 aliphatic carbocycles. The van der Waals surface area contributed by atoms with Crippen molar-refractivity contribution in [3.05, 3.63) is 0 Å². The number of hydrogen-bond donors (Lipinski definition) is 1. The molecule has 1 N–H and O–H groups in total. The zero-order valence-corrected chi connectivity index (χ0v) is 10.9. The lowest BCUT2D eigenvalue weighted by Gasteiger charge is -2.34. The van der Waals surface area contributed by atoms with Gasteiger partial charge in [-0.05, 0) is 27.4 Å². The van der Waals surface area contributed by atoms with Crippen molar-refractivity contribution in [1.82, 2.24) is 10.2 Å². The number of nitrogens with one attached hydrogen (secondary N) is 1. The molecule has 96 valence electrons. The first-order valence-electron chi connectivity index (χ1n) is 6.29. The van der Waals surface area contributed by atoms with Crippen molar-refractivity contribution in [2.24, 2.45) is 5.92 Å². The van der Waals surface area contributed by atoms with Crippen LogP contribution in [0.15, 0.2) is 0 Å². The molecule has 1 fully saturated rings. The van der Waals surface area contributed by atoms with E-state index in [0.29, 0.717) is 12.0 Å². The van der Waals surface area contributed by atoms with Crippen LogP contribution in [0.5, 0.6) is 0 Å². The van der Waals surface area contributed by atoms with Crippen molar-refractivity contribution in [1.29, 1.82) is 0 Å². The highest BCUT2D eigenvalue weighted by Crippen LogP contribution is 2.15. The summed E-state index contributed by atoms with van der Waals surface area (Å²) in [4.78, 5) is 2.33. The van der Waals surface area contributed by atoms with Crippen LogP contribution >= 0.6 is 0 Å². The summed E-state index contributed by atoms with van der Waals surface area (Å²) in [6, 6.07) is 0.600. The quantitative estimate of drug-likeness (QED) is 0.649. The van der Waals surface area contributed by atoms with Gasteiger partial charge >= 0.3 is 0 Å². The molecule has 1 rings (SSSR count). The zero-order valence-electron chi connectivity index (χ0n) is 10.9. The Balaban J connectivity index is 2.22. The molecule has 0 aromatic carbocycles. The fourth-order valence-corrected chi connectivity index (χ4v) is 2.21. The first-order chi connectivity index (χ1) is 7.77. The molecule has 0 amide bonds. The van der Waals surface area contributed by atoms with Crippen molar-refractivity contribution >= 4 is 0 Å². The van der Waals surface area contributed by atoms with Crippen molar-refractivity contribution in [2.45, 2.75) is 19.4 Å². The monoisotopic (exact) mass is 230 g/mol. The third kappa shape index (κ3) is 4.78. The zero-order chi connectivity index (χ0) is 11.8. The summed E-state index contributed by atoms with van der Waals surface area (Å²) in [5.74, 6) is 0.602. The van der Waals surface area contributed by atoms with Gasteiger partial charge in [-0.1, -0.05) is 0 Å². The smallest absolute Gasteiger partial charge is 0.0593 e. The Morgan fingerprint density at radius 2 is 2.31 bits per heavy atom. The van der Waals surface area contributed by atoms with Gasteiger partial charge in [-0.3, -0.25) is 0 Å². The van der Waals surface area contributed by atoms with Crippen LogP contribution in [0.1, 0.15) is 13.3 Å². The molecular weight excluding hydrogens is 204 g/mol. The van der Waals surface area contributed by atoms with Crippen molar-refractivity contribution < 1.29 is 9.47 Å². The maximum absolute atomic E-state index is 5.54. The number of rotatable bonds is 7. The predicted molar refractivity (Wildman–Crippen MR) is 65.8 cm³/mol. The van der Waals surface area contributed by atoms with Crippen LogP contribution in [-0.4, -0.2) is 64.6 Å². The molecule has 0 saturated carbocycles. The van der Waals surface area contributed by atoms with Gasteiger partial charge in [0.1, 0.15) is 0 Å². The van der Waals surface area contributed by atoms with Gasteiger partial charge in [-0.25, -0.2) is 0 Å². The Kier molecular flexibility index (Phi) is 6.96. The fourth-order valence-electron chi connectivity index (χ4n) is 2.21. The molecule has 2 unspecified atom stereocenters. The molecule has 1 heterocycles. The summed E-state index contributed by atoms with van der Waals surface area (Å²) in [5, 5.41) is 3.39. The van der Waals surface area contributed by atoms with E-state index in [-0.39, 0.29) is 0 Å². The molecule has 4 heteroatoms. The maximum Gasteiger partial charge on any atom is 0.0593 e. The van der Waals surface area contributed by atoms with Crippen LogP contribution in [0.25, 0.3) is 0 Å². The van der Waals surface area contributed by atoms with Gasteiger partial charge in [-0.15, -0.1) is 0 Å². The van der Waals surface area contributed by atoms with Gasteiger partial charge in [0.05, 0.1) is 13.2 Å². The summed E-state index contributed by atoms with van der Waals surface area (Å²) in [5.41, 5.74) is 0. The van der Waals surface area contributed by atoms with E-state index in [0.717, 1.165) is 45.9 Å². The molecule has 0 spiro atoms. The fraction of sp³-hybridized carbons (Fsp3) is 1.00. The summed E-state index contributed by atoms with van der Waals surface area (Å²) >= 11 is 0. The third-order valence-electron chi connectivity index (χ3n) is 3.21. The van der Waals surface area contributed by atoms with Gasteiger partial charge in [-0.2, -0.15) is 0 Å². The topological polar surface area (TPSA) is 33.7 Å². The number of hydrogen-bond acceptors (Lipinski definition) is 4. The van der Waals surface area contributed by atoms with Crippen molar-refractivity contribution in [3.63, 3.8) is 0 Å². The second kappa shape index (κ2) is 8.01. The minimum atomic E-state index is 0.600. The summed E-state index contributed by atoms with van der Waals surface area (Å²) in [6.45, 7) is 7.52. The average molecular weight is 230 g/mol. The molecule has 0 radical (unpaired) electrons. The highest BCUT2D eigenvalue weighted by atomic mass is 16.5. The number of nitrogens with zero attached hydrogens (tertiary/aromatic N) is 1. The lowest BCUT2D eigenvalue weighted by molar-refractivity contribution is 0.0178. The highest BCUT2D eigenvalue weighted by Gasteiger charge is 2.25. The Hall–Kier alpha value is -0.160. The molecule has 1 saturated heterocycles. The van der Waals surface area contributed by atoms with E-state index in [1.165, 1.54) is 0 Å². The number of ether oxygens (including phenoxy) is 2. The van der Waals surface area contributed by atoms with Crippen LogP contribution in [-0.2, 0) is 9.47 Å². The summed E-state index contributed by atoms with van der Waals surface area (Å²) in [7, 11) is 4.20. The van der Waals surface area contributed by atoms with Gasteiger partial charge in [0, 0.05) is 38.3 Å². The lowest BCUT2D eigenvalue weighted by atomic mass is 9.95. The van der Waals surface area contributed by atoms with Crippen LogP contribution in [0.3, 0.4) is 0 Å². The van der Waals surface area contributed by atoms with Gasteiger partial charge < -0.3 is 19.7 Å². The Labute approximate surface area is 99.3 Å². The lowest BCUT2D eigenvalue weighted by Crippen LogP contribution is -2.46. The van der Waals surface area contributed by atoms with Gasteiger partial charge in [0.25, 0.3) is 0 Å². The van der Waals surface area contributed by atoms with Crippen LogP contribution in [0.2, 0.25) is 0 Å². The van der Waals surface area contributed by atoms with E-state index in [2.05, 4.69) is 17.3 Å². The van der Waals surface area contributed by atoms with Crippen LogP contribution in [0.4, 0.5) is 0 Å². The molecule has 4 nitrogen and oxygen atoms in total. The standard InChI is InChI=1S/C12H26N2O2/c1-4-15-8-6-14(3)9-11-10-16-7-5-12(11)13-2/h11-13H,4-10H2,1-3H3. The molecular formula is C12H26N2O2. The first kappa shape index (κ1) is 13.9. The molecule has 1 aliphatic rings. The van der Waals surface area contributed by atoms with Crippen molar-refractivity contribution in [2.75, 3.05) is 53.6 Å². The maximum atomic E-state index is 5.54. The normalized spacial score (nSPS) is 26.2. The van der Waals surface area contributed by atoms with Crippen molar-refractivity contribution in [3.8, 4) is 0 Å². The van der Waals surface area contributed by atoms with E-state index in [1.54, 1.807) is 0 Å². The highest BCUT2D eigenvalue weighted by molar-refractivity contribution is 4.80. The third-order valence-corrected chi connectivity index (χ3v) is 3.21. The summed E-state index contributed by atoms with van der Waals surface area (Å²) in [6.07, 6.45) is 1.13. The summed E-state index contributed by atoms with van der Waals surface area (Å²) < 4.78 is 10.9. The minimum Gasteiger partial charge on any atom is -0.381 e. The second-order valence-electron chi connectivity index (χ2n) is 4.48. The second-order valence-corrected chi connectivity index (χ2v) is 4.48. The van der Waals surface area contributed by atoms with Gasteiger partial charge in [0.2, 0.25) is 0 Å². The van der Waals surface area contributed by atoms with E-state index in [4.69, 9.17) is 9.47 Å². The number of likely N-dealkylation sites (N-methyl/N-ethyl adjacent to an activating group) is 1. The average Bonchev–Trinajstić information content (AvgIpc) is 2.30. The molecule has 0 aromatic rings. The van der Waals surface area contributed by atoms with E-state index in [9.17, 15) is 0 Å². The molecule has 0 aromatic heterocycles. The van der Waals surface area contributed by atoms with Gasteiger partial charge in [0.15, 0.2) is 0 Å².